The van der Waals surface area contributed by atoms with Crippen molar-refractivity contribution in [2.24, 2.45) is 0 Å². The molecule has 2 aliphatic heterocycles. The summed E-state index contributed by atoms with van der Waals surface area (Å²) in [5.74, 6) is 0. The Labute approximate surface area is 153 Å². The Morgan fingerprint density at radius 3 is 2.17 bits per heavy atom. The second-order valence-corrected chi connectivity index (χ2v) is 17.4. The minimum absolute atomic E-state index is 0.684. The van der Waals surface area contributed by atoms with Gasteiger partial charge >= 0.3 is 154 Å². The molecule has 4 atom stereocenters. The molecular weight excluding hydrogens is 429 g/mol. The van der Waals surface area contributed by atoms with E-state index in [0.717, 1.165) is 15.0 Å². The van der Waals surface area contributed by atoms with Gasteiger partial charge in [0.1, 0.15) is 0 Å². The van der Waals surface area contributed by atoms with Gasteiger partial charge in [0.05, 0.1) is 0 Å². The summed E-state index contributed by atoms with van der Waals surface area (Å²) in [4.78, 5) is 0.774. The van der Waals surface area contributed by atoms with Gasteiger partial charge in [-0.15, -0.1) is 0 Å². The number of hydrogen-bond donors (Lipinski definition) is 0. The molecule has 2 aliphatic rings. The summed E-state index contributed by atoms with van der Waals surface area (Å²) in [6, 6.07) is 22.4. The van der Waals surface area contributed by atoms with E-state index < -0.39 is 5.51 Å². The van der Waals surface area contributed by atoms with Crippen molar-refractivity contribution in [2.45, 2.75) is 35.0 Å². The summed E-state index contributed by atoms with van der Waals surface area (Å²) < 4.78 is 0.852. The van der Waals surface area contributed by atoms with Crippen LogP contribution in [0.2, 0.25) is 0 Å². The van der Waals surface area contributed by atoms with E-state index in [2.05, 4.69) is 89.6 Å². The molecule has 1 saturated heterocycles. The van der Waals surface area contributed by atoms with Gasteiger partial charge in [0.25, 0.3) is 0 Å². The molecule has 2 bridgehead atoms. The van der Waals surface area contributed by atoms with E-state index in [1.165, 1.54) is 11.7 Å². The van der Waals surface area contributed by atoms with Crippen LogP contribution in [0, 0.1) is 0 Å². The number of hydrogen-bond acceptors (Lipinski definition) is 0. The van der Waals surface area contributed by atoms with Gasteiger partial charge in [0, 0.05) is 0 Å². The van der Waals surface area contributed by atoms with Gasteiger partial charge in [-0.1, -0.05) is 0 Å². The molecule has 2 aromatic rings. The summed E-state index contributed by atoms with van der Waals surface area (Å²) in [7, 11) is 0. The Kier molecular flexibility index (Phi) is 4.34. The fourth-order valence-electron chi connectivity index (χ4n) is 4.06. The number of rotatable bonds is 3. The normalized spacial score (nSPS) is 32.5. The molecule has 4 rings (SSSR count). The summed E-state index contributed by atoms with van der Waals surface area (Å²) in [5.41, 5.74) is 6.15. The first kappa shape index (κ1) is 16.1. The summed E-state index contributed by atoms with van der Waals surface area (Å²) in [5, 5.41) is 0. The predicted octanol–water partition coefficient (Wildman–Crippen LogP) is 4.79. The molecule has 0 amide bonds. The zero-order valence-electron chi connectivity index (χ0n) is 13.5. The molecule has 0 aliphatic carbocycles. The zero-order valence-corrected chi connectivity index (χ0v) is 17.8. The van der Waals surface area contributed by atoms with Crippen molar-refractivity contribution in [1.29, 1.82) is 0 Å². The minimum atomic E-state index is -1.12. The molecular formula is C20H21PSe2. The first-order chi connectivity index (χ1) is 11.1. The first-order valence-electron chi connectivity index (χ1n) is 8.11. The monoisotopic (exact) mass is 452 g/mol. The quantitative estimate of drug-likeness (QED) is 0.359. The molecule has 0 N–H and O–H groups in total. The van der Waals surface area contributed by atoms with Crippen molar-refractivity contribution in [3.05, 3.63) is 82.9 Å². The van der Waals surface area contributed by atoms with E-state index in [4.69, 9.17) is 0 Å². The van der Waals surface area contributed by atoms with Crippen molar-refractivity contribution in [1.82, 2.24) is 0 Å². The average Bonchev–Trinajstić information content (AvgIpc) is 2.96. The van der Waals surface area contributed by atoms with Gasteiger partial charge in [-0.3, -0.25) is 0 Å². The zero-order chi connectivity index (χ0) is 16.0. The molecule has 0 aromatic heterocycles. The van der Waals surface area contributed by atoms with Crippen molar-refractivity contribution in [3.63, 3.8) is 0 Å². The Morgan fingerprint density at radius 1 is 0.913 bits per heavy atom. The van der Waals surface area contributed by atoms with Crippen LogP contribution in [0.5, 0.6) is 0 Å². The van der Waals surface area contributed by atoms with E-state index in [-0.39, 0.29) is 0 Å². The van der Waals surface area contributed by atoms with Gasteiger partial charge in [-0.25, -0.2) is 0 Å². The molecule has 2 aromatic carbocycles. The Balaban J connectivity index is 1.74. The Bertz CT molecular complexity index is 795. The number of benzene rings is 2. The van der Waals surface area contributed by atoms with Crippen LogP contribution in [-0.4, -0.2) is 40.3 Å². The van der Waals surface area contributed by atoms with Gasteiger partial charge in [-0.2, -0.15) is 0 Å². The molecule has 0 nitrogen and oxygen atoms in total. The van der Waals surface area contributed by atoms with Crippen molar-refractivity contribution < 1.29 is 0 Å². The predicted molar refractivity (Wildman–Crippen MR) is 104 cm³/mol. The average molecular weight is 450 g/mol. The third-order valence-electron chi connectivity index (χ3n) is 5.27. The van der Waals surface area contributed by atoms with Crippen LogP contribution in [0.4, 0.5) is 0 Å². The second-order valence-electron chi connectivity index (χ2n) is 6.63. The molecule has 118 valence electrons. The van der Waals surface area contributed by atoms with Gasteiger partial charge in [-0.05, 0) is 0 Å². The Morgan fingerprint density at radius 2 is 1.52 bits per heavy atom. The van der Waals surface area contributed by atoms with Gasteiger partial charge in [0.15, 0.2) is 0 Å². The second kappa shape index (κ2) is 6.18. The van der Waals surface area contributed by atoms with E-state index in [9.17, 15) is 0 Å². The van der Waals surface area contributed by atoms with Gasteiger partial charge in [0.2, 0.25) is 0 Å². The Hall–Kier alpha value is -0.351. The molecule has 0 spiro atoms. The summed E-state index contributed by atoms with van der Waals surface area (Å²) in [6.45, 7) is 4.81. The third kappa shape index (κ3) is 2.60. The van der Waals surface area contributed by atoms with Crippen LogP contribution in [0.15, 0.2) is 71.8 Å². The summed E-state index contributed by atoms with van der Waals surface area (Å²) >= 11 is 4.49. The third-order valence-corrected chi connectivity index (χ3v) is 21.0. The fourth-order valence-corrected chi connectivity index (χ4v) is 22.3. The first-order valence-corrected chi connectivity index (χ1v) is 14.4. The molecule has 23 heavy (non-hydrogen) atoms. The molecule has 0 radical (unpaired) electrons. The van der Waals surface area contributed by atoms with Crippen LogP contribution < -0.4 is 0 Å². The number of allylic oxidation sites excluding steroid dienone is 2. The maximum atomic E-state index is 3.81. The maximum absolute atomic E-state index is 3.81. The molecule has 3 heteroatoms. The van der Waals surface area contributed by atoms with Crippen LogP contribution in [0.3, 0.4) is 0 Å². The van der Waals surface area contributed by atoms with Gasteiger partial charge < -0.3 is 0 Å². The number of fused-ring (bicyclic) bond motifs is 2. The van der Waals surface area contributed by atoms with E-state index in [1.54, 1.807) is 16.7 Å². The van der Waals surface area contributed by atoms with Crippen LogP contribution >= 0.6 is 5.51 Å². The van der Waals surface area contributed by atoms with E-state index in [1.807, 2.05) is 0 Å². The SMILES string of the molecule is CC1=C(C)[C@@H]2[C@H](c3ccccc3)[Se][C@H]1P2(=[Se])Cc1ccccc1. The van der Waals surface area contributed by atoms with Crippen molar-refractivity contribution in [2.75, 3.05) is 0 Å². The van der Waals surface area contributed by atoms with E-state index >= 15 is 0 Å². The van der Waals surface area contributed by atoms with Crippen LogP contribution in [-0.2, 0) is 6.16 Å². The van der Waals surface area contributed by atoms with Crippen molar-refractivity contribution >= 4 is 35.6 Å². The van der Waals surface area contributed by atoms with E-state index in [0.29, 0.717) is 15.0 Å². The molecule has 1 unspecified atom stereocenters. The summed E-state index contributed by atoms with van der Waals surface area (Å²) in [6.07, 6.45) is 1.27. The molecule has 2 heterocycles. The fraction of sp³-hybridized carbons (Fsp3) is 0.300. The molecule has 1 fully saturated rings. The molecule has 0 saturated carbocycles. The van der Waals surface area contributed by atoms with Crippen LogP contribution in [0.25, 0.3) is 0 Å². The van der Waals surface area contributed by atoms with Crippen molar-refractivity contribution in [3.8, 4) is 0 Å². The van der Waals surface area contributed by atoms with Crippen LogP contribution in [0.1, 0.15) is 29.8 Å². The topological polar surface area (TPSA) is 0 Å². The standard InChI is InChI=1S/C20H21PSe2/c1-14-15(2)20-21(22,13-16-9-5-3-6-10-16)18(14)19(23-20)17-11-7-4-8-12-17/h3-12,18-20H,13H2,1-2H3/t18-,19+,20-,21?/m1/s1.